The van der Waals surface area contributed by atoms with Crippen LogP contribution in [-0.2, 0) is 13.0 Å². The summed E-state index contributed by atoms with van der Waals surface area (Å²) in [5, 5.41) is 7.95. The third-order valence-electron chi connectivity index (χ3n) is 3.22. The van der Waals surface area contributed by atoms with Crippen LogP contribution in [0.1, 0.15) is 27.7 Å². The Morgan fingerprint density at radius 1 is 1.25 bits per heavy atom. The van der Waals surface area contributed by atoms with Crippen molar-refractivity contribution < 1.29 is 4.79 Å². The van der Waals surface area contributed by atoms with E-state index in [0.29, 0.717) is 24.6 Å². The van der Waals surface area contributed by atoms with Gasteiger partial charge >= 0.3 is 0 Å². The molecule has 0 aliphatic heterocycles. The zero-order valence-electron chi connectivity index (χ0n) is 13.6. The second kappa shape index (κ2) is 11.0. The van der Waals surface area contributed by atoms with Crippen molar-refractivity contribution in [3.8, 4) is 0 Å². The van der Waals surface area contributed by atoms with Gasteiger partial charge in [-0.25, -0.2) is 4.99 Å². The van der Waals surface area contributed by atoms with Crippen LogP contribution in [-0.4, -0.2) is 25.0 Å². The van der Waals surface area contributed by atoms with E-state index in [4.69, 9.17) is 5.73 Å². The zero-order chi connectivity index (χ0) is 16.5. The van der Waals surface area contributed by atoms with Crippen LogP contribution >= 0.6 is 35.3 Å². The Bertz CT molecular complexity index is 658. The highest BCUT2D eigenvalue weighted by atomic mass is 127. The molecule has 0 aliphatic rings. The Balaban J connectivity index is 0.00000288. The summed E-state index contributed by atoms with van der Waals surface area (Å²) in [6.07, 6.45) is 0.931. The summed E-state index contributed by atoms with van der Waals surface area (Å²) in [5.41, 5.74) is 7.47. The minimum absolute atomic E-state index is 0. The summed E-state index contributed by atoms with van der Waals surface area (Å²) in [4.78, 5) is 17.4. The summed E-state index contributed by atoms with van der Waals surface area (Å²) in [7, 11) is 0. The lowest BCUT2D eigenvalue weighted by Gasteiger charge is -2.06. The fourth-order valence-electron chi connectivity index (χ4n) is 2.07. The van der Waals surface area contributed by atoms with Crippen LogP contribution in [0.5, 0.6) is 0 Å². The van der Waals surface area contributed by atoms with E-state index in [2.05, 4.69) is 27.1 Å². The van der Waals surface area contributed by atoms with E-state index in [1.165, 1.54) is 4.88 Å². The molecule has 5 nitrogen and oxygen atoms in total. The number of thiophene rings is 1. The van der Waals surface area contributed by atoms with E-state index in [1.807, 2.05) is 31.2 Å². The van der Waals surface area contributed by atoms with Crippen LogP contribution in [0.15, 0.2) is 46.8 Å². The monoisotopic (exact) mass is 458 g/mol. The topological polar surface area (TPSA) is 79.5 Å². The standard InChI is InChI=1S/C17H22N4OS.HI/c1-2-19-16(22)14-6-3-5-13(11-14)12-21-17(18)20-9-8-15-7-4-10-23-15;/h3-7,10-11H,2,8-9,12H2,1H3,(H,19,22)(H3,18,20,21);1H. The first kappa shape index (κ1) is 20.4. The first-order valence-corrected chi connectivity index (χ1v) is 8.50. The Hall–Kier alpha value is -1.61. The van der Waals surface area contributed by atoms with Crippen LogP contribution in [0.2, 0.25) is 0 Å². The minimum Gasteiger partial charge on any atom is -0.370 e. The van der Waals surface area contributed by atoms with Gasteiger partial charge in [0.05, 0.1) is 6.54 Å². The minimum atomic E-state index is -0.0691. The summed E-state index contributed by atoms with van der Waals surface area (Å²) >= 11 is 1.73. The lowest BCUT2D eigenvalue weighted by atomic mass is 10.1. The van der Waals surface area contributed by atoms with Crippen LogP contribution in [0, 0.1) is 0 Å². The molecule has 0 atom stereocenters. The average Bonchev–Trinajstić information content (AvgIpc) is 3.07. The molecule has 0 saturated carbocycles. The summed E-state index contributed by atoms with van der Waals surface area (Å²) in [6.45, 7) is 3.72. The smallest absolute Gasteiger partial charge is 0.251 e. The lowest BCUT2D eigenvalue weighted by Crippen LogP contribution is -2.33. The molecule has 24 heavy (non-hydrogen) atoms. The Morgan fingerprint density at radius 3 is 2.79 bits per heavy atom. The van der Waals surface area contributed by atoms with Crippen LogP contribution < -0.4 is 16.4 Å². The van der Waals surface area contributed by atoms with Gasteiger partial charge in [-0.15, -0.1) is 35.3 Å². The van der Waals surface area contributed by atoms with Crippen molar-refractivity contribution in [2.45, 2.75) is 19.9 Å². The second-order valence-corrected chi connectivity index (χ2v) is 6.05. The van der Waals surface area contributed by atoms with Gasteiger partial charge in [-0.05, 0) is 42.5 Å². The SMILES string of the molecule is CCNC(=O)c1cccc(CN=C(N)NCCc2cccs2)c1.I. The first-order chi connectivity index (χ1) is 11.2. The van der Waals surface area contributed by atoms with Gasteiger partial charge in [0.1, 0.15) is 0 Å². The van der Waals surface area contributed by atoms with Crippen LogP contribution in [0.4, 0.5) is 0 Å². The largest absolute Gasteiger partial charge is 0.370 e. The average molecular weight is 458 g/mol. The van der Waals surface area contributed by atoms with Crippen molar-refractivity contribution in [2.24, 2.45) is 10.7 Å². The van der Waals surface area contributed by atoms with Crippen LogP contribution in [0.25, 0.3) is 0 Å². The third kappa shape index (κ3) is 6.88. The number of benzene rings is 1. The van der Waals surface area contributed by atoms with Gasteiger partial charge < -0.3 is 16.4 Å². The number of carbonyl (C=O) groups is 1. The number of carbonyl (C=O) groups excluding carboxylic acids is 1. The fourth-order valence-corrected chi connectivity index (χ4v) is 2.78. The molecular weight excluding hydrogens is 435 g/mol. The molecule has 0 unspecified atom stereocenters. The number of amides is 1. The van der Waals surface area contributed by atoms with E-state index in [-0.39, 0.29) is 29.9 Å². The second-order valence-electron chi connectivity index (χ2n) is 5.02. The van der Waals surface area contributed by atoms with Crippen molar-refractivity contribution in [1.29, 1.82) is 0 Å². The summed E-state index contributed by atoms with van der Waals surface area (Å²) in [5.74, 6) is 0.352. The Labute approximate surface area is 163 Å². The molecule has 130 valence electrons. The van der Waals surface area contributed by atoms with Gasteiger partial charge in [-0.1, -0.05) is 18.2 Å². The molecule has 1 aromatic carbocycles. The van der Waals surface area contributed by atoms with Gasteiger partial charge in [0.15, 0.2) is 5.96 Å². The van der Waals surface area contributed by atoms with Crippen molar-refractivity contribution in [1.82, 2.24) is 10.6 Å². The first-order valence-electron chi connectivity index (χ1n) is 7.62. The number of guanidine groups is 1. The normalized spacial score (nSPS) is 10.8. The van der Waals surface area contributed by atoms with Crippen molar-refractivity contribution in [2.75, 3.05) is 13.1 Å². The molecule has 0 bridgehead atoms. The summed E-state index contributed by atoms with van der Waals surface area (Å²) in [6, 6.07) is 11.6. The zero-order valence-corrected chi connectivity index (χ0v) is 16.8. The highest BCUT2D eigenvalue weighted by Gasteiger charge is 2.04. The molecule has 1 aromatic heterocycles. The third-order valence-corrected chi connectivity index (χ3v) is 4.15. The molecule has 2 aromatic rings. The fraction of sp³-hybridized carbons (Fsp3) is 0.294. The quantitative estimate of drug-likeness (QED) is 0.339. The van der Waals surface area contributed by atoms with E-state index in [0.717, 1.165) is 18.5 Å². The highest BCUT2D eigenvalue weighted by Crippen LogP contribution is 2.08. The van der Waals surface area contributed by atoms with Gasteiger partial charge in [0, 0.05) is 23.5 Å². The molecule has 1 heterocycles. The molecule has 1 amide bonds. The van der Waals surface area contributed by atoms with Gasteiger partial charge in [-0.3, -0.25) is 4.79 Å². The van der Waals surface area contributed by atoms with E-state index in [9.17, 15) is 4.79 Å². The van der Waals surface area contributed by atoms with Gasteiger partial charge in [-0.2, -0.15) is 0 Å². The number of hydrogen-bond acceptors (Lipinski definition) is 3. The number of nitrogens with zero attached hydrogens (tertiary/aromatic N) is 1. The molecule has 0 radical (unpaired) electrons. The van der Waals surface area contributed by atoms with E-state index in [1.54, 1.807) is 17.4 Å². The van der Waals surface area contributed by atoms with E-state index >= 15 is 0 Å². The number of nitrogens with one attached hydrogen (secondary N) is 2. The molecule has 0 saturated heterocycles. The molecule has 0 aliphatic carbocycles. The predicted octanol–water partition coefficient (Wildman–Crippen LogP) is 2.76. The highest BCUT2D eigenvalue weighted by molar-refractivity contribution is 14.0. The maximum Gasteiger partial charge on any atom is 0.251 e. The van der Waals surface area contributed by atoms with Gasteiger partial charge in [0.25, 0.3) is 5.91 Å². The number of halogens is 1. The van der Waals surface area contributed by atoms with Crippen molar-refractivity contribution >= 4 is 47.2 Å². The predicted molar refractivity (Wildman–Crippen MR) is 111 cm³/mol. The number of nitrogens with two attached hydrogens (primary N) is 1. The van der Waals surface area contributed by atoms with Gasteiger partial charge in [0.2, 0.25) is 0 Å². The maximum absolute atomic E-state index is 11.8. The van der Waals surface area contributed by atoms with Crippen molar-refractivity contribution in [3.63, 3.8) is 0 Å². The maximum atomic E-state index is 11.8. The number of hydrogen-bond donors (Lipinski definition) is 3. The Morgan fingerprint density at radius 2 is 2.08 bits per heavy atom. The Kier molecular flexibility index (Phi) is 9.39. The molecule has 4 N–H and O–H groups in total. The molecule has 0 spiro atoms. The van der Waals surface area contributed by atoms with Crippen molar-refractivity contribution in [3.05, 3.63) is 57.8 Å². The molecule has 0 fully saturated rings. The number of rotatable bonds is 7. The summed E-state index contributed by atoms with van der Waals surface area (Å²) < 4.78 is 0. The molecular formula is C17H23IN4OS. The number of aliphatic imine (C=N–C) groups is 1. The molecule has 7 heteroatoms. The lowest BCUT2D eigenvalue weighted by molar-refractivity contribution is 0.0955. The van der Waals surface area contributed by atoms with E-state index < -0.39 is 0 Å². The molecule has 2 rings (SSSR count). The van der Waals surface area contributed by atoms with Crippen LogP contribution in [0.3, 0.4) is 0 Å².